The molecule has 3 heterocycles. The lowest BCUT2D eigenvalue weighted by Gasteiger charge is -2.62. The van der Waals surface area contributed by atoms with Crippen molar-refractivity contribution in [3.05, 3.63) is 0 Å². The summed E-state index contributed by atoms with van der Waals surface area (Å²) < 4.78 is 32.7. The molecule has 0 unspecified atom stereocenters. The Balaban J connectivity index is 1.09. The van der Waals surface area contributed by atoms with Crippen LogP contribution in [0.5, 0.6) is 0 Å². The van der Waals surface area contributed by atoms with E-state index in [0.29, 0.717) is 41.4 Å². The molecule has 3 saturated heterocycles. The summed E-state index contributed by atoms with van der Waals surface area (Å²) in [5.74, 6) is 3.29. The average molecular weight is 591 g/mol. The van der Waals surface area contributed by atoms with Gasteiger partial charge in [0.2, 0.25) is 0 Å². The number of rotatable bonds is 3. The first-order valence-electron chi connectivity index (χ1n) is 17.1. The van der Waals surface area contributed by atoms with E-state index < -0.39 is 36.5 Å². The Morgan fingerprint density at radius 3 is 2.36 bits per heavy atom. The third kappa shape index (κ3) is 3.48. The fourth-order valence-corrected chi connectivity index (χ4v) is 13.1. The van der Waals surface area contributed by atoms with E-state index in [2.05, 4.69) is 27.7 Å². The first kappa shape index (κ1) is 29.1. The van der Waals surface area contributed by atoms with Crippen molar-refractivity contribution in [2.75, 3.05) is 13.7 Å². The lowest BCUT2D eigenvalue weighted by atomic mass is 9.44. The zero-order valence-electron chi connectivity index (χ0n) is 26.4. The van der Waals surface area contributed by atoms with Crippen molar-refractivity contribution >= 4 is 0 Å². The van der Waals surface area contributed by atoms with E-state index in [0.717, 1.165) is 32.3 Å². The lowest BCUT2D eigenvalue weighted by Crippen LogP contribution is -2.62. The zero-order valence-corrected chi connectivity index (χ0v) is 26.4. The molecule has 5 aliphatic carbocycles. The molecule has 8 rings (SSSR count). The number of hydrogen-bond acceptors (Lipinski definition) is 8. The Kier molecular flexibility index (Phi) is 6.49. The molecule has 0 amide bonds. The summed E-state index contributed by atoms with van der Waals surface area (Å²) in [5.41, 5.74) is 0.209. The van der Waals surface area contributed by atoms with Gasteiger partial charge in [-0.15, -0.1) is 0 Å². The molecule has 3 N–H and O–H groups in total. The largest absolute Gasteiger partial charge is 0.388 e. The van der Waals surface area contributed by atoms with E-state index in [1.807, 2.05) is 7.11 Å². The Bertz CT molecular complexity index is 1080. The molecule has 2 spiro atoms. The highest BCUT2D eigenvalue weighted by Crippen LogP contribution is 2.83. The van der Waals surface area contributed by atoms with Crippen molar-refractivity contribution in [1.82, 2.24) is 0 Å². The summed E-state index contributed by atoms with van der Waals surface area (Å²) in [6.45, 7) is 12.3. The molecule has 0 aromatic rings. The van der Waals surface area contributed by atoms with Crippen LogP contribution < -0.4 is 0 Å². The van der Waals surface area contributed by atoms with Crippen molar-refractivity contribution in [3.63, 3.8) is 0 Å². The van der Waals surface area contributed by atoms with Crippen LogP contribution in [0.1, 0.15) is 86.0 Å². The molecule has 8 nitrogen and oxygen atoms in total. The summed E-state index contributed by atoms with van der Waals surface area (Å²) in [6, 6.07) is 0. The standard InChI is InChI=1S/C34H54O8/c1-16-7-10-34(39-15-16)17(2)26-23(42-34)13-22-20-12-25(38-6)33-14-19(33)11-24(32(33,5)21(20)8-9-31(22,26)4)41-30-29(37)28(36)27(35)18(3)40-30/h16-30,35-37H,7-15H2,1-6H3/t16-,17-,18+,19+,20+,21-,22-,23-,24+,25+,26-,27-,28-,29+,30-,31-,32-,33-,34+/m0/s1. The van der Waals surface area contributed by atoms with Crippen LogP contribution in [0.3, 0.4) is 0 Å². The van der Waals surface area contributed by atoms with Crippen LogP contribution in [-0.2, 0) is 23.7 Å². The lowest BCUT2D eigenvalue weighted by molar-refractivity contribution is -0.321. The smallest absolute Gasteiger partial charge is 0.186 e. The molecule has 42 heavy (non-hydrogen) atoms. The van der Waals surface area contributed by atoms with E-state index in [-0.39, 0.29) is 34.6 Å². The van der Waals surface area contributed by atoms with E-state index in [1.165, 1.54) is 25.7 Å². The van der Waals surface area contributed by atoms with Crippen molar-refractivity contribution in [3.8, 4) is 0 Å². The van der Waals surface area contributed by atoms with Crippen LogP contribution in [0.25, 0.3) is 0 Å². The molecule has 8 aliphatic rings. The number of fused-ring (bicyclic) bond motifs is 6. The average Bonchev–Trinajstić information content (AvgIpc) is 3.40. The highest BCUT2D eigenvalue weighted by Gasteiger charge is 2.82. The van der Waals surface area contributed by atoms with Gasteiger partial charge < -0.3 is 39.0 Å². The molecule has 3 aliphatic heterocycles. The van der Waals surface area contributed by atoms with Crippen molar-refractivity contribution in [1.29, 1.82) is 0 Å². The highest BCUT2D eigenvalue weighted by atomic mass is 16.7. The number of aliphatic hydroxyl groups excluding tert-OH is 3. The Morgan fingerprint density at radius 1 is 0.857 bits per heavy atom. The fourth-order valence-electron chi connectivity index (χ4n) is 13.1. The molecule has 5 saturated carbocycles. The third-order valence-corrected chi connectivity index (χ3v) is 15.2. The van der Waals surface area contributed by atoms with E-state index in [1.54, 1.807) is 6.92 Å². The quantitative estimate of drug-likeness (QED) is 0.455. The minimum absolute atomic E-state index is 0.0858. The fraction of sp³-hybridized carbons (Fsp3) is 1.00. The molecule has 0 aromatic heterocycles. The van der Waals surface area contributed by atoms with Crippen LogP contribution in [0.2, 0.25) is 0 Å². The van der Waals surface area contributed by atoms with Gasteiger partial charge in [0.1, 0.15) is 18.3 Å². The van der Waals surface area contributed by atoms with Gasteiger partial charge in [-0.25, -0.2) is 0 Å². The summed E-state index contributed by atoms with van der Waals surface area (Å²) >= 11 is 0. The molecule has 0 bridgehead atoms. The number of hydrogen-bond donors (Lipinski definition) is 3. The minimum Gasteiger partial charge on any atom is -0.388 e. The van der Waals surface area contributed by atoms with Crippen molar-refractivity contribution < 1.29 is 39.0 Å². The van der Waals surface area contributed by atoms with Crippen molar-refractivity contribution in [2.45, 2.75) is 141 Å². The Morgan fingerprint density at radius 2 is 1.64 bits per heavy atom. The van der Waals surface area contributed by atoms with Crippen LogP contribution in [0.4, 0.5) is 0 Å². The second kappa shape index (κ2) is 9.37. The second-order valence-electron chi connectivity index (χ2n) is 16.6. The maximum Gasteiger partial charge on any atom is 0.186 e. The number of aliphatic hydroxyl groups is 3. The van der Waals surface area contributed by atoms with Gasteiger partial charge >= 0.3 is 0 Å². The summed E-state index contributed by atoms with van der Waals surface area (Å²) in [4.78, 5) is 0. The van der Waals surface area contributed by atoms with E-state index >= 15 is 0 Å². The summed E-state index contributed by atoms with van der Waals surface area (Å²) in [7, 11) is 1.90. The third-order valence-electron chi connectivity index (χ3n) is 15.2. The van der Waals surface area contributed by atoms with Crippen LogP contribution in [-0.4, -0.2) is 83.8 Å². The summed E-state index contributed by atoms with van der Waals surface area (Å²) in [5, 5.41) is 31.6. The predicted octanol–water partition coefficient (Wildman–Crippen LogP) is 3.88. The van der Waals surface area contributed by atoms with E-state index in [9.17, 15) is 15.3 Å². The van der Waals surface area contributed by atoms with E-state index in [4.69, 9.17) is 23.7 Å². The molecule has 8 fully saturated rings. The topological polar surface area (TPSA) is 107 Å². The molecule has 19 atom stereocenters. The Labute approximate surface area is 251 Å². The normalized spacial score (nSPS) is 64.9. The van der Waals surface area contributed by atoms with Crippen LogP contribution in [0, 0.1) is 57.7 Å². The van der Waals surface area contributed by atoms with Gasteiger partial charge in [0.15, 0.2) is 12.1 Å². The van der Waals surface area contributed by atoms with Gasteiger partial charge in [0.25, 0.3) is 0 Å². The maximum atomic E-state index is 10.9. The molecular weight excluding hydrogens is 536 g/mol. The predicted molar refractivity (Wildman–Crippen MR) is 153 cm³/mol. The van der Waals surface area contributed by atoms with Gasteiger partial charge in [0, 0.05) is 30.3 Å². The second-order valence-corrected chi connectivity index (χ2v) is 16.6. The minimum atomic E-state index is -1.28. The monoisotopic (exact) mass is 590 g/mol. The number of ether oxygens (including phenoxy) is 5. The molecular formula is C34H54O8. The maximum absolute atomic E-state index is 10.9. The van der Waals surface area contributed by atoms with Gasteiger partial charge in [-0.2, -0.15) is 0 Å². The van der Waals surface area contributed by atoms with Crippen LogP contribution in [0.15, 0.2) is 0 Å². The zero-order chi connectivity index (χ0) is 29.6. The highest BCUT2D eigenvalue weighted by molar-refractivity contribution is 5.29. The molecule has 0 radical (unpaired) electrons. The first-order valence-corrected chi connectivity index (χ1v) is 17.1. The number of methoxy groups -OCH3 is 1. The molecule has 238 valence electrons. The molecule has 8 heteroatoms. The SMILES string of the molecule is CO[C@@H]1C[C@H]2[C@@H]3C[C@@H]4O[C@]5(CC[C@H](C)CO5)[C@@H](C)[C@@H]4[C@@]3(C)CC[C@@H]2[C@@]2(C)[C@H](O[C@@H]3O[C@H](C)[C@H](O)[C@H](O)[C@H]3O)C[C@@H]3C[C@]312. The van der Waals surface area contributed by atoms with Gasteiger partial charge in [-0.1, -0.05) is 27.7 Å². The van der Waals surface area contributed by atoms with Crippen LogP contribution >= 0.6 is 0 Å². The Hall–Kier alpha value is -0.320. The van der Waals surface area contributed by atoms with Gasteiger partial charge in [-0.05, 0) is 92.8 Å². The molecule has 0 aromatic carbocycles. The van der Waals surface area contributed by atoms with Gasteiger partial charge in [-0.3, -0.25) is 0 Å². The summed E-state index contributed by atoms with van der Waals surface area (Å²) in [6.07, 6.45) is 4.04. The van der Waals surface area contributed by atoms with Crippen molar-refractivity contribution in [2.24, 2.45) is 57.7 Å². The van der Waals surface area contributed by atoms with Gasteiger partial charge in [0.05, 0.1) is 31.0 Å². The first-order chi connectivity index (χ1) is 19.9.